The molecule has 10 heteroatoms. The summed E-state index contributed by atoms with van der Waals surface area (Å²) in [6.45, 7) is 5.40. The number of aryl methyl sites for hydroxylation is 2. The maximum Gasteiger partial charge on any atom is 0.259 e. The largest absolute Gasteiger partial charge is 0.496 e. The topological polar surface area (TPSA) is 121 Å². The molecule has 0 radical (unpaired) electrons. The van der Waals surface area contributed by atoms with Gasteiger partial charge in [-0.25, -0.2) is 9.97 Å². The predicted molar refractivity (Wildman–Crippen MR) is 162 cm³/mol. The first-order chi connectivity index (χ1) is 20.3. The lowest BCUT2D eigenvalue weighted by molar-refractivity contribution is 0.0651. The number of anilines is 1. The lowest BCUT2D eigenvalue weighted by Crippen LogP contribution is -2.42. The van der Waals surface area contributed by atoms with Crippen LogP contribution in [0, 0.1) is 25.2 Å². The summed E-state index contributed by atoms with van der Waals surface area (Å²) in [5, 5.41) is 12.7. The summed E-state index contributed by atoms with van der Waals surface area (Å²) in [4.78, 5) is 42.4. The van der Waals surface area contributed by atoms with E-state index in [2.05, 4.69) is 21.4 Å². The monoisotopic (exact) mass is 574 g/mol. The number of carbonyl (C=O) groups is 2. The molecule has 1 N–H and O–H groups in total. The summed E-state index contributed by atoms with van der Waals surface area (Å²) in [6, 6.07) is 18.5. The van der Waals surface area contributed by atoms with Crippen molar-refractivity contribution in [3.8, 4) is 34.2 Å². The molecule has 4 heterocycles. The van der Waals surface area contributed by atoms with Crippen LogP contribution in [0.5, 0.6) is 5.75 Å². The van der Waals surface area contributed by atoms with Gasteiger partial charge in [0.05, 0.1) is 30.0 Å². The number of pyridine rings is 2. The number of rotatable bonds is 6. The number of fused-ring (bicyclic) bond motifs is 1. The van der Waals surface area contributed by atoms with Crippen LogP contribution in [0.2, 0.25) is 0 Å². The fourth-order valence-electron chi connectivity index (χ4n) is 4.90. The number of benzene rings is 2. The van der Waals surface area contributed by atoms with Crippen molar-refractivity contribution < 1.29 is 14.3 Å². The molecule has 0 unspecified atom stereocenters. The first-order valence-electron chi connectivity index (χ1n) is 13.4. The van der Waals surface area contributed by atoms with E-state index in [1.807, 2.05) is 49.1 Å². The van der Waals surface area contributed by atoms with E-state index < -0.39 is 0 Å². The third kappa shape index (κ3) is 5.06. The Morgan fingerprint density at radius 1 is 1.00 bits per heavy atom. The average Bonchev–Trinajstić information content (AvgIpc) is 3.37. The SMILES string of the molecule is COc1ccc(C#N)cc1-c1cc(C)ncc1C(=O)Nc1nc2ccc(-c3ccc(C(=O)N4CCC4)c(C)c3)nc2s1. The van der Waals surface area contributed by atoms with Crippen molar-refractivity contribution >= 4 is 38.6 Å². The van der Waals surface area contributed by atoms with Crippen LogP contribution in [0.1, 0.15) is 44.0 Å². The van der Waals surface area contributed by atoms with Gasteiger partial charge in [0.15, 0.2) is 5.13 Å². The van der Waals surface area contributed by atoms with Crippen molar-refractivity contribution in [2.75, 3.05) is 25.5 Å². The molecule has 0 aliphatic carbocycles. The number of hydrogen-bond acceptors (Lipinski definition) is 8. The number of likely N-dealkylation sites (tertiary alicyclic amines) is 1. The molecule has 0 bridgehead atoms. The minimum atomic E-state index is -0.390. The Morgan fingerprint density at radius 2 is 1.83 bits per heavy atom. The molecule has 1 aliphatic heterocycles. The molecule has 6 rings (SSSR count). The number of thiazole rings is 1. The van der Waals surface area contributed by atoms with E-state index >= 15 is 0 Å². The highest BCUT2D eigenvalue weighted by atomic mass is 32.1. The van der Waals surface area contributed by atoms with Crippen LogP contribution in [-0.2, 0) is 0 Å². The quantitative estimate of drug-likeness (QED) is 0.263. The van der Waals surface area contributed by atoms with Crippen LogP contribution in [-0.4, -0.2) is 51.9 Å². The van der Waals surface area contributed by atoms with Gasteiger partial charge in [0.2, 0.25) is 0 Å². The van der Waals surface area contributed by atoms with Gasteiger partial charge >= 0.3 is 0 Å². The number of nitrogens with one attached hydrogen (secondary N) is 1. The number of hydrogen-bond donors (Lipinski definition) is 1. The Balaban J connectivity index is 1.28. The lowest BCUT2D eigenvalue weighted by Gasteiger charge is -2.31. The summed E-state index contributed by atoms with van der Waals surface area (Å²) >= 11 is 1.27. The summed E-state index contributed by atoms with van der Waals surface area (Å²) in [5.74, 6) is 0.220. The Bertz CT molecular complexity index is 1920. The molecule has 0 spiro atoms. The van der Waals surface area contributed by atoms with Crippen molar-refractivity contribution in [2.24, 2.45) is 0 Å². The zero-order chi connectivity index (χ0) is 29.4. The van der Waals surface area contributed by atoms with E-state index in [9.17, 15) is 14.9 Å². The second-order valence-corrected chi connectivity index (χ2v) is 11.0. The van der Waals surface area contributed by atoms with Gasteiger partial charge in [-0.15, -0.1) is 0 Å². The molecule has 208 valence electrons. The molecule has 2 amide bonds. The van der Waals surface area contributed by atoms with E-state index in [0.717, 1.165) is 42.0 Å². The second-order valence-electron chi connectivity index (χ2n) is 10.1. The van der Waals surface area contributed by atoms with E-state index in [-0.39, 0.29) is 11.8 Å². The fourth-order valence-corrected chi connectivity index (χ4v) is 5.73. The molecule has 9 nitrogen and oxygen atoms in total. The highest BCUT2D eigenvalue weighted by Gasteiger charge is 2.23. The molecular formula is C32H26N6O3S. The third-order valence-corrected chi connectivity index (χ3v) is 8.16. The molecule has 0 saturated carbocycles. The van der Waals surface area contributed by atoms with Gasteiger partial charge in [0.1, 0.15) is 16.1 Å². The molecule has 3 aromatic heterocycles. The van der Waals surface area contributed by atoms with E-state index in [1.54, 1.807) is 31.4 Å². The normalized spacial score (nSPS) is 12.5. The Hall–Kier alpha value is -5.14. The summed E-state index contributed by atoms with van der Waals surface area (Å²) in [5.41, 5.74) is 6.64. The van der Waals surface area contributed by atoms with E-state index in [0.29, 0.717) is 49.0 Å². The maximum absolute atomic E-state index is 13.5. The van der Waals surface area contributed by atoms with Crippen LogP contribution in [0.25, 0.3) is 32.7 Å². The number of amides is 2. The number of ether oxygens (including phenoxy) is 1. The van der Waals surface area contributed by atoms with Gasteiger partial charge in [-0.2, -0.15) is 5.26 Å². The van der Waals surface area contributed by atoms with E-state index in [4.69, 9.17) is 9.72 Å². The van der Waals surface area contributed by atoms with Crippen LogP contribution >= 0.6 is 11.3 Å². The highest BCUT2D eigenvalue weighted by molar-refractivity contribution is 7.22. The summed E-state index contributed by atoms with van der Waals surface area (Å²) in [6.07, 6.45) is 2.57. The maximum atomic E-state index is 13.5. The van der Waals surface area contributed by atoms with Crippen LogP contribution < -0.4 is 10.1 Å². The number of nitriles is 1. The molecule has 5 aromatic rings. The summed E-state index contributed by atoms with van der Waals surface area (Å²) < 4.78 is 5.52. The van der Waals surface area contributed by atoms with Gasteiger partial charge in [-0.3, -0.25) is 19.9 Å². The smallest absolute Gasteiger partial charge is 0.259 e. The standard InChI is InChI=1S/C32H26N6O3S/c1-18-13-21(6-7-22(18)31(40)38-11-4-12-38)26-8-9-27-30(35-26)42-32(36-27)37-29(39)25-17-34-19(2)14-23(25)24-15-20(16-33)5-10-28(24)41-3/h5-10,13-15,17H,4,11-12H2,1-3H3,(H,36,37,39). The number of carbonyl (C=O) groups excluding carboxylic acids is 2. The first kappa shape index (κ1) is 27.1. The molecular weight excluding hydrogens is 548 g/mol. The minimum absolute atomic E-state index is 0.0692. The van der Waals surface area contributed by atoms with Gasteiger partial charge < -0.3 is 9.64 Å². The first-order valence-corrected chi connectivity index (χ1v) is 14.2. The molecule has 1 aliphatic rings. The lowest BCUT2D eigenvalue weighted by atomic mass is 9.97. The van der Waals surface area contributed by atoms with E-state index in [1.165, 1.54) is 17.5 Å². The number of methoxy groups -OCH3 is 1. The van der Waals surface area contributed by atoms with Crippen LogP contribution in [0.15, 0.2) is 60.8 Å². The average molecular weight is 575 g/mol. The fraction of sp³-hybridized carbons (Fsp3) is 0.188. The Labute approximate surface area is 246 Å². The minimum Gasteiger partial charge on any atom is -0.496 e. The van der Waals surface area contributed by atoms with Crippen molar-refractivity contribution in [2.45, 2.75) is 20.3 Å². The van der Waals surface area contributed by atoms with Gasteiger partial charge in [-0.1, -0.05) is 17.4 Å². The zero-order valence-electron chi connectivity index (χ0n) is 23.3. The van der Waals surface area contributed by atoms with Crippen molar-refractivity contribution in [3.05, 3.63) is 88.7 Å². The van der Waals surface area contributed by atoms with Gasteiger partial charge in [0, 0.05) is 47.2 Å². The zero-order valence-corrected chi connectivity index (χ0v) is 24.1. The van der Waals surface area contributed by atoms with Crippen LogP contribution in [0.3, 0.4) is 0 Å². The van der Waals surface area contributed by atoms with Crippen molar-refractivity contribution in [1.29, 1.82) is 5.26 Å². The van der Waals surface area contributed by atoms with Gasteiger partial charge in [-0.05, 0) is 74.4 Å². The van der Waals surface area contributed by atoms with Crippen molar-refractivity contribution in [3.63, 3.8) is 0 Å². The molecule has 42 heavy (non-hydrogen) atoms. The summed E-state index contributed by atoms with van der Waals surface area (Å²) in [7, 11) is 1.55. The Morgan fingerprint density at radius 3 is 2.55 bits per heavy atom. The van der Waals surface area contributed by atoms with Crippen molar-refractivity contribution in [1.82, 2.24) is 19.9 Å². The molecule has 0 atom stereocenters. The molecule has 2 aromatic carbocycles. The number of aromatic nitrogens is 3. The molecule has 1 fully saturated rings. The second kappa shape index (κ2) is 11.0. The van der Waals surface area contributed by atoms with Gasteiger partial charge in [0.25, 0.3) is 11.8 Å². The predicted octanol–water partition coefficient (Wildman–Crippen LogP) is 6.02. The van der Waals surface area contributed by atoms with Crippen LogP contribution in [0.4, 0.5) is 5.13 Å². The number of nitrogens with zero attached hydrogens (tertiary/aromatic N) is 5. The molecule has 1 saturated heterocycles. The third-order valence-electron chi connectivity index (χ3n) is 7.28. The Kier molecular flexibility index (Phi) is 7.10. The highest BCUT2D eigenvalue weighted by Crippen LogP contribution is 2.35.